The highest BCUT2D eigenvalue weighted by Gasteiger charge is 2.50. The van der Waals surface area contributed by atoms with E-state index in [1.54, 1.807) is 0 Å². The molecule has 0 aromatic heterocycles. The topological polar surface area (TPSA) is 227 Å². The number of ketones is 3. The molecule has 1 saturated heterocycles. The fourth-order valence-corrected chi connectivity index (χ4v) is 6.77. The molecule has 0 spiro atoms. The van der Waals surface area contributed by atoms with Gasteiger partial charge < -0.3 is 54.1 Å². The van der Waals surface area contributed by atoms with Gasteiger partial charge in [-0.05, 0) is 13.0 Å². The Hall–Kier alpha value is -3.96. The zero-order chi connectivity index (χ0) is 36.2. The van der Waals surface area contributed by atoms with Crippen LogP contribution in [0.4, 0.5) is 0 Å². The van der Waals surface area contributed by atoms with E-state index in [0.717, 1.165) is 0 Å². The molecule has 0 saturated carbocycles. The van der Waals surface area contributed by atoms with Crippen LogP contribution in [0.5, 0.6) is 17.2 Å². The number of carbonyl (C=O) groups is 4. The van der Waals surface area contributed by atoms with E-state index in [2.05, 4.69) is 0 Å². The zero-order valence-corrected chi connectivity index (χ0v) is 27.8. The van der Waals surface area contributed by atoms with Crippen LogP contribution in [0.2, 0.25) is 0 Å². The highest BCUT2D eigenvalue weighted by molar-refractivity contribution is 6.31. The van der Waals surface area contributed by atoms with E-state index in [1.165, 1.54) is 32.2 Å². The second-order valence-corrected chi connectivity index (χ2v) is 13.9. The van der Waals surface area contributed by atoms with Gasteiger partial charge in [-0.2, -0.15) is 0 Å². The molecule has 1 heterocycles. The maximum absolute atomic E-state index is 13.8. The Morgan fingerprint density at radius 2 is 1.73 bits per heavy atom. The van der Waals surface area contributed by atoms with Crippen molar-refractivity contribution < 1.29 is 73.2 Å². The fraction of sp³-hybridized carbons (Fsp3) is 0.529. The van der Waals surface area contributed by atoms with Gasteiger partial charge in [-0.25, -0.2) is 0 Å². The SMILES string of the molecule is COc1cccc2c1C(=O)c1c(O)c3c(c(O)c1C2=O)C[C@@](O)(C(=O)COC(=O)CC(O)C[N+](C)(C)C)C[C@@H]3O[C@H]1C[C@H](O)[C@H](O)[C@H](C)O1. The Bertz CT molecular complexity index is 1670. The lowest BCUT2D eigenvalue weighted by molar-refractivity contribution is -0.873. The molecule has 1 aliphatic heterocycles. The Morgan fingerprint density at radius 1 is 1.06 bits per heavy atom. The molecule has 3 aliphatic rings. The largest absolute Gasteiger partial charge is 0.507 e. The number of aliphatic hydroxyl groups is 4. The Balaban J connectivity index is 1.53. The van der Waals surface area contributed by atoms with Gasteiger partial charge in [-0.15, -0.1) is 0 Å². The molecule has 15 nitrogen and oxygen atoms in total. The summed E-state index contributed by atoms with van der Waals surface area (Å²) in [5.74, 6) is -5.01. The number of carbonyl (C=O) groups excluding carboxylic acids is 4. The number of fused-ring (bicyclic) bond motifs is 3. The number of esters is 1. The number of likely N-dealkylation sites (N-methyl/N-ethyl adjacent to an activating group) is 1. The maximum Gasteiger partial charge on any atom is 0.309 e. The van der Waals surface area contributed by atoms with E-state index in [-0.39, 0.29) is 41.0 Å². The summed E-state index contributed by atoms with van der Waals surface area (Å²) >= 11 is 0. The molecule has 0 radical (unpaired) electrons. The van der Waals surface area contributed by atoms with Crippen molar-refractivity contribution in [2.75, 3.05) is 41.4 Å². The number of ether oxygens (including phenoxy) is 4. The summed E-state index contributed by atoms with van der Waals surface area (Å²) in [6.07, 6.45) is -9.16. The summed E-state index contributed by atoms with van der Waals surface area (Å²) in [5, 5.41) is 65.8. The lowest BCUT2D eigenvalue weighted by atomic mass is 9.72. The van der Waals surface area contributed by atoms with Crippen LogP contribution in [0.1, 0.15) is 75.3 Å². The number of hydrogen-bond acceptors (Lipinski definition) is 14. The van der Waals surface area contributed by atoms with E-state index in [4.69, 9.17) is 18.9 Å². The van der Waals surface area contributed by atoms with E-state index >= 15 is 0 Å². The van der Waals surface area contributed by atoms with Crippen molar-refractivity contribution in [1.82, 2.24) is 0 Å². The minimum absolute atomic E-state index is 0.0579. The number of phenolic OH excluding ortho intramolecular Hbond substituents is 2. The van der Waals surface area contributed by atoms with E-state index < -0.39 is 114 Å². The first-order valence-electron chi connectivity index (χ1n) is 15.8. The molecule has 5 rings (SSSR count). The highest BCUT2D eigenvalue weighted by atomic mass is 16.7. The monoisotopic (exact) mass is 688 g/mol. The van der Waals surface area contributed by atoms with Crippen molar-refractivity contribution in [2.24, 2.45) is 0 Å². The smallest absolute Gasteiger partial charge is 0.309 e. The van der Waals surface area contributed by atoms with Gasteiger partial charge in [-0.3, -0.25) is 19.2 Å². The van der Waals surface area contributed by atoms with Gasteiger partial charge in [0.1, 0.15) is 41.6 Å². The van der Waals surface area contributed by atoms with Gasteiger partial charge in [0.25, 0.3) is 0 Å². The molecule has 2 aromatic carbocycles. The lowest BCUT2D eigenvalue weighted by Crippen LogP contribution is -2.50. The van der Waals surface area contributed by atoms with Crippen molar-refractivity contribution >= 4 is 23.3 Å². The molecule has 6 N–H and O–H groups in total. The number of benzene rings is 2. The van der Waals surface area contributed by atoms with Crippen molar-refractivity contribution in [3.8, 4) is 17.2 Å². The molecule has 2 aliphatic carbocycles. The van der Waals surface area contributed by atoms with Gasteiger partial charge in [0.15, 0.2) is 18.7 Å². The number of Topliss-reactive ketones (excluding diaryl/α,β-unsaturated/α-hetero) is 1. The first-order chi connectivity index (χ1) is 22.9. The number of methoxy groups -OCH3 is 1. The van der Waals surface area contributed by atoms with E-state index in [9.17, 15) is 49.8 Å². The Labute approximate surface area is 281 Å². The Morgan fingerprint density at radius 3 is 2.37 bits per heavy atom. The van der Waals surface area contributed by atoms with E-state index in [1.807, 2.05) is 21.1 Å². The summed E-state index contributed by atoms with van der Waals surface area (Å²) in [6, 6.07) is 4.29. The minimum Gasteiger partial charge on any atom is -0.507 e. The third-order valence-corrected chi connectivity index (χ3v) is 9.11. The summed E-state index contributed by atoms with van der Waals surface area (Å²) in [5.41, 5.74) is -4.19. The third kappa shape index (κ3) is 6.92. The summed E-state index contributed by atoms with van der Waals surface area (Å²) in [4.78, 5) is 53.6. The molecular weight excluding hydrogens is 646 g/mol. The average molecular weight is 689 g/mol. The molecule has 1 unspecified atom stereocenters. The van der Waals surface area contributed by atoms with Crippen LogP contribution >= 0.6 is 0 Å². The third-order valence-electron chi connectivity index (χ3n) is 9.11. The molecule has 1 fully saturated rings. The summed E-state index contributed by atoms with van der Waals surface area (Å²) in [7, 11) is 6.75. The van der Waals surface area contributed by atoms with Gasteiger partial charge >= 0.3 is 5.97 Å². The van der Waals surface area contributed by atoms with Crippen LogP contribution in [0.25, 0.3) is 0 Å². The van der Waals surface area contributed by atoms with Crippen LogP contribution in [0.15, 0.2) is 18.2 Å². The van der Waals surface area contributed by atoms with Gasteiger partial charge in [0.05, 0.1) is 69.7 Å². The molecule has 0 bridgehead atoms. The number of hydrogen-bond donors (Lipinski definition) is 6. The molecule has 49 heavy (non-hydrogen) atoms. The van der Waals surface area contributed by atoms with Crippen LogP contribution in [0, 0.1) is 0 Å². The first-order valence-corrected chi connectivity index (χ1v) is 15.8. The summed E-state index contributed by atoms with van der Waals surface area (Å²) < 4.78 is 22.5. The second-order valence-electron chi connectivity index (χ2n) is 13.9. The van der Waals surface area contributed by atoms with Crippen molar-refractivity contribution in [3.63, 3.8) is 0 Å². The van der Waals surface area contributed by atoms with Crippen LogP contribution in [-0.4, -0.2) is 136 Å². The predicted molar refractivity (Wildman–Crippen MR) is 167 cm³/mol. The number of aliphatic hydroxyl groups excluding tert-OH is 3. The quantitative estimate of drug-likeness (QED) is 0.0940. The average Bonchev–Trinajstić information content (AvgIpc) is 3.01. The molecule has 7 atom stereocenters. The molecular formula is C34H42NO14+. The zero-order valence-electron chi connectivity index (χ0n) is 27.8. The first kappa shape index (κ1) is 36.3. The number of quaternary nitrogens is 1. The number of nitrogens with zero attached hydrogens (tertiary/aromatic N) is 1. The van der Waals surface area contributed by atoms with Gasteiger partial charge in [0, 0.05) is 36.0 Å². The predicted octanol–water partition coefficient (Wildman–Crippen LogP) is 0.0430. The van der Waals surface area contributed by atoms with Crippen molar-refractivity contribution in [2.45, 2.75) is 75.0 Å². The van der Waals surface area contributed by atoms with Crippen molar-refractivity contribution in [3.05, 3.63) is 51.6 Å². The molecule has 266 valence electrons. The lowest BCUT2D eigenvalue weighted by Gasteiger charge is -2.42. The number of rotatable bonds is 10. The van der Waals surface area contributed by atoms with E-state index in [0.29, 0.717) is 4.48 Å². The summed E-state index contributed by atoms with van der Waals surface area (Å²) in [6.45, 7) is 0.791. The number of aromatic hydroxyl groups is 2. The maximum atomic E-state index is 13.8. The van der Waals surface area contributed by atoms with Crippen LogP contribution in [0.3, 0.4) is 0 Å². The van der Waals surface area contributed by atoms with Crippen LogP contribution < -0.4 is 4.74 Å². The number of phenols is 2. The van der Waals surface area contributed by atoms with Crippen molar-refractivity contribution in [1.29, 1.82) is 0 Å². The molecule has 0 amide bonds. The highest BCUT2D eigenvalue weighted by Crippen LogP contribution is 2.52. The normalized spacial score (nSPS) is 27.1. The van der Waals surface area contributed by atoms with Gasteiger partial charge in [-0.1, -0.05) is 12.1 Å². The van der Waals surface area contributed by atoms with Crippen LogP contribution in [-0.2, 0) is 30.2 Å². The minimum atomic E-state index is -2.40. The Kier molecular flexibility index (Phi) is 9.93. The standard InChI is InChI=1S/C34H41NO14/c1-15-29(40)19(37)10-24(48-15)49-21-12-34(45,22(38)14-47-23(39)9-16(36)13-35(2,3)4)11-18-26(21)33(44)28-27(31(18)42)30(41)17-7-6-8-20(46-5)25(17)32(28)43/h6-8,15-16,19,21,24,29,36-37,40,45H,9-14H2,1-5H3,(H-,41,42,43,44)/p+1/t15-,16?,19-,21-,24-,29+,34-/m0/s1. The second kappa shape index (κ2) is 13.4. The molecule has 2 aromatic rings. The van der Waals surface area contributed by atoms with Gasteiger partial charge in [0.2, 0.25) is 11.6 Å². The fourth-order valence-electron chi connectivity index (χ4n) is 6.77. The molecule has 15 heteroatoms.